The number of carbonyl (C=O) groups excluding carboxylic acids is 1. The molecule has 7 heteroatoms. The van der Waals surface area contributed by atoms with Crippen LogP contribution in [0.1, 0.15) is 29.0 Å². The molecule has 24 heavy (non-hydrogen) atoms. The maximum Gasteiger partial charge on any atom is 0.287 e. The van der Waals surface area contributed by atoms with E-state index in [0.29, 0.717) is 18.8 Å². The van der Waals surface area contributed by atoms with Gasteiger partial charge in [0.2, 0.25) is 0 Å². The summed E-state index contributed by atoms with van der Waals surface area (Å²) >= 11 is 0. The fraction of sp³-hybridized carbons (Fsp3) is 0.529. The van der Waals surface area contributed by atoms with E-state index in [0.717, 1.165) is 31.5 Å². The van der Waals surface area contributed by atoms with Crippen LogP contribution >= 0.6 is 0 Å². The summed E-state index contributed by atoms with van der Waals surface area (Å²) in [6, 6.07) is 3.79. The van der Waals surface area contributed by atoms with Crippen molar-refractivity contribution in [1.82, 2.24) is 20.0 Å². The standard InChI is InChI=1S/C17H24N4O3/c1-13-5-10-24-16(13)17(23)19-14-3-8-20(9-4-14)11-15(22)12-21-7-2-6-18-21/h2,5-7,10,14-15,22H,3-4,8-9,11-12H2,1H3,(H,19,23). The van der Waals surface area contributed by atoms with E-state index in [1.54, 1.807) is 16.9 Å². The van der Waals surface area contributed by atoms with Gasteiger partial charge >= 0.3 is 0 Å². The maximum absolute atomic E-state index is 12.2. The first kappa shape index (κ1) is 16.7. The Morgan fingerprint density at radius 2 is 2.25 bits per heavy atom. The van der Waals surface area contributed by atoms with Gasteiger partial charge in [-0.05, 0) is 31.9 Å². The van der Waals surface area contributed by atoms with Gasteiger partial charge in [0.05, 0.1) is 18.9 Å². The zero-order valence-corrected chi connectivity index (χ0v) is 13.9. The molecule has 0 aliphatic carbocycles. The van der Waals surface area contributed by atoms with Crippen molar-refractivity contribution in [3.05, 3.63) is 42.1 Å². The number of amides is 1. The van der Waals surface area contributed by atoms with Gasteiger partial charge in [0.25, 0.3) is 5.91 Å². The van der Waals surface area contributed by atoms with Crippen molar-refractivity contribution in [2.24, 2.45) is 0 Å². The molecule has 1 unspecified atom stereocenters. The Labute approximate surface area is 141 Å². The van der Waals surface area contributed by atoms with Crippen LogP contribution in [-0.4, -0.2) is 57.5 Å². The first-order chi connectivity index (χ1) is 11.6. The number of rotatable bonds is 6. The molecule has 1 atom stereocenters. The van der Waals surface area contributed by atoms with Crippen LogP contribution < -0.4 is 5.32 Å². The summed E-state index contributed by atoms with van der Waals surface area (Å²) in [5.41, 5.74) is 0.853. The summed E-state index contributed by atoms with van der Waals surface area (Å²) in [6.45, 7) is 4.71. The second-order valence-electron chi connectivity index (χ2n) is 6.36. The Balaban J connectivity index is 1.41. The van der Waals surface area contributed by atoms with Crippen LogP contribution in [0.4, 0.5) is 0 Å². The molecule has 1 aliphatic heterocycles. The third-order valence-electron chi connectivity index (χ3n) is 4.42. The SMILES string of the molecule is Cc1ccoc1C(=O)NC1CCN(CC(O)Cn2cccn2)CC1. The third-order valence-corrected chi connectivity index (χ3v) is 4.42. The normalized spacial score (nSPS) is 17.8. The first-order valence-electron chi connectivity index (χ1n) is 8.34. The van der Waals surface area contributed by atoms with Gasteiger partial charge in [-0.3, -0.25) is 9.48 Å². The van der Waals surface area contributed by atoms with Crippen LogP contribution in [-0.2, 0) is 6.54 Å². The number of nitrogens with zero attached hydrogens (tertiary/aromatic N) is 3. The van der Waals surface area contributed by atoms with Gasteiger partial charge in [-0.15, -0.1) is 0 Å². The number of hydrogen-bond acceptors (Lipinski definition) is 5. The van der Waals surface area contributed by atoms with Crippen molar-refractivity contribution in [2.75, 3.05) is 19.6 Å². The van der Waals surface area contributed by atoms with Crippen molar-refractivity contribution >= 4 is 5.91 Å². The Kier molecular flexibility index (Phi) is 5.32. The van der Waals surface area contributed by atoms with E-state index in [1.807, 2.05) is 19.2 Å². The van der Waals surface area contributed by atoms with E-state index < -0.39 is 6.10 Å². The zero-order valence-electron chi connectivity index (χ0n) is 13.9. The van der Waals surface area contributed by atoms with E-state index in [-0.39, 0.29) is 11.9 Å². The van der Waals surface area contributed by atoms with Crippen molar-refractivity contribution in [3.63, 3.8) is 0 Å². The van der Waals surface area contributed by atoms with Crippen LogP contribution in [0.15, 0.2) is 35.2 Å². The molecule has 2 N–H and O–H groups in total. The van der Waals surface area contributed by atoms with Gasteiger partial charge in [0.15, 0.2) is 5.76 Å². The van der Waals surface area contributed by atoms with Crippen molar-refractivity contribution in [2.45, 2.75) is 38.5 Å². The highest BCUT2D eigenvalue weighted by atomic mass is 16.3. The summed E-state index contributed by atoms with van der Waals surface area (Å²) in [5.74, 6) is 0.252. The molecule has 3 rings (SSSR count). The Morgan fingerprint density at radius 3 is 2.88 bits per heavy atom. The molecule has 2 aromatic rings. The Morgan fingerprint density at radius 1 is 1.46 bits per heavy atom. The molecule has 1 aliphatic rings. The predicted molar refractivity (Wildman–Crippen MR) is 88.6 cm³/mol. The highest BCUT2D eigenvalue weighted by Gasteiger charge is 2.24. The van der Waals surface area contributed by atoms with Crippen LogP contribution in [0.2, 0.25) is 0 Å². The van der Waals surface area contributed by atoms with Gasteiger partial charge in [0.1, 0.15) is 0 Å². The van der Waals surface area contributed by atoms with E-state index in [2.05, 4.69) is 15.3 Å². The molecule has 0 aromatic carbocycles. The lowest BCUT2D eigenvalue weighted by Crippen LogP contribution is -2.47. The molecule has 7 nitrogen and oxygen atoms in total. The lowest BCUT2D eigenvalue weighted by Gasteiger charge is -2.33. The minimum atomic E-state index is -0.443. The number of hydrogen-bond donors (Lipinski definition) is 2. The number of piperidine rings is 1. The minimum Gasteiger partial charge on any atom is -0.459 e. The number of aromatic nitrogens is 2. The predicted octanol–water partition coefficient (Wildman–Crippen LogP) is 1.04. The third kappa shape index (κ3) is 4.24. The summed E-state index contributed by atoms with van der Waals surface area (Å²) in [4.78, 5) is 14.4. The smallest absolute Gasteiger partial charge is 0.287 e. The van der Waals surface area contributed by atoms with Gasteiger partial charge in [-0.1, -0.05) is 0 Å². The van der Waals surface area contributed by atoms with E-state index in [9.17, 15) is 9.90 Å². The molecule has 3 heterocycles. The zero-order chi connectivity index (χ0) is 16.9. The number of nitrogens with one attached hydrogen (secondary N) is 1. The quantitative estimate of drug-likeness (QED) is 0.826. The summed E-state index contributed by atoms with van der Waals surface area (Å²) < 4.78 is 6.97. The monoisotopic (exact) mass is 332 g/mol. The molecule has 0 saturated carbocycles. The van der Waals surface area contributed by atoms with Crippen LogP contribution in [0.25, 0.3) is 0 Å². The molecule has 1 fully saturated rings. The number of likely N-dealkylation sites (tertiary alicyclic amines) is 1. The fourth-order valence-corrected chi connectivity index (χ4v) is 3.10. The lowest BCUT2D eigenvalue weighted by molar-refractivity contribution is 0.0741. The number of aryl methyl sites for hydroxylation is 1. The lowest BCUT2D eigenvalue weighted by atomic mass is 10.0. The summed E-state index contributed by atoms with van der Waals surface area (Å²) in [5, 5.41) is 17.3. The Hall–Kier alpha value is -2.12. The molecule has 130 valence electrons. The molecular weight excluding hydrogens is 308 g/mol. The van der Waals surface area contributed by atoms with Gasteiger partial charge in [-0.25, -0.2) is 0 Å². The Bertz CT molecular complexity index is 645. The maximum atomic E-state index is 12.2. The second kappa shape index (κ2) is 7.63. The summed E-state index contributed by atoms with van der Waals surface area (Å²) in [6.07, 6.45) is 6.40. The number of carbonyl (C=O) groups is 1. The molecule has 0 bridgehead atoms. The first-order valence-corrected chi connectivity index (χ1v) is 8.34. The molecular formula is C17H24N4O3. The molecule has 0 spiro atoms. The van der Waals surface area contributed by atoms with E-state index in [1.165, 1.54) is 6.26 Å². The highest BCUT2D eigenvalue weighted by Crippen LogP contribution is 2.14. The van der Waals surface area contributed by atoms with Crippen LogP contribution in [0.5, 0.6) is 0 Å². The largest absolute Gasteiger partial charge is 0.459 e. The average molecular weight is 332 g/mol. The number of β-amino-alcohol motifs (C(OH)–C–C–N with tert-alkyl or cyclic N) is 1. The number of aliphatic hydroxyl groups excluding tert-OH is 1. The van der Waals surface area contributed by atoms with Crippen LogP contribution in [0.3, 0.4) is 0 Å². The second-order valence-corrected chi connectivity index (χ2v) is 6.36. The highest BCUT2D eigenvalue weighted by molar-refractivity contribution is 5.92. The molecule has 1 saturated heterocycles. The topological polar surface area (TPSA) is 83.5 Å². The van der Waals surface area contributed by atoms with E-state index in [4.69, 9.17) is 4.42 Å². The molecule has 1 amide bonds. The van der Waals surface area contributed by atoms with Gasteiger partial charge in [0, 0.05) is 43.6 Å². The van der Waals surface area contributed by atoms with Crippen LogP contribution in [0, 0.1) is 6.92 Å². The van der Waals surface area contributed by atoms with E-state index >= 15 is 0 Å². The minimum absolute atomic E-state index is 0.144. The number of furan rings is 1. The summed E-state index contributed by atoms with van der Waals surface area (Å²) in [7, 11) is 0. The average Bonchev–Trinajstić information content (AvgIpc) is 3.20. The van der Waals surface area contributed by atoms with Crippen molar-refractivity contribution in [3.8, 4) is 0 Å². The van der Waals surface area contributed by atoms with Crippen molar-refractivity contribution in [1.29, 1.82) is 0 Å². The molecule has 2 aromatic heterocycles. The molecule has 0 radical (unpaired) electrons. The fourth-order valence-electron chi connectivity index (χ4n) is 3.10. The van der Waals surface area contributed by atoms with Gasteiger partial charge in [-0.2, -0.15) is 5.10 Å². The van der Waals surface area contributed by atoms with Gasteiger partial charge < -0.3 is 19.7 Å². The number of aliphatic hydroxyl groups is 1. The van der Waals surface area contributed by atoms with Crippen molar-refractivity contribution < 1.29 is 14.3 Å².